The molecule has 2 aromatic rings. The summed E-state index contributed by atoms with van der Waals surface area (Å²) in [4.78, 5) is 0. The predicted octanol–water partition coefficient (Wildman–Crippen LogP) is 2.83. The minimum atomic E-state index is -0.637. The zero-order chi connectivity index (χ0) is 13.8. The van der Waals surface area contributed by atoms with E-state index in [2.05, 4.69) is 0 Å². The molecule has 3 N–H and O–H groups in total. The first-order chi connectivity index (χ1) is 9.08. The number of ether oxygens (including phenoxy) is 1. The van der Waals surface area contributed by atoms with Gasteiger partial charge in [-0.05, 0) is 12.1 Å². The van der Waals surface area contributed by atoms with Crippen molar-refractivity contribution < 1.29 is 13.5 Å². The van der Waals surface area contributed by atoms with Crippen molar-refractivity contribution in [1.82, 2.24) is 0 Å². The van der Waals surface area contributed by atoms with Crippen molar-refractivity contribution in [3.05, 3.63) is 65.2 Å². The second-order valence-corrected chi connectivity index (χ2v) is 3.93. The van der Waals surface area contributed by atoms with Gasteiger partial charge < -0.3 is 10.5 Å². The largest absolute Gasteiger partial charge is 0.486 e. The molecule has 0 fully saturated rings. The van der Waals surface area contributed by atoms with Gasteiger partial charge in [0.05, 0.1) is 0 Å². The third-order valence-corrected chi connectivity index (χ3v) is 2.58. The molecule has 3 nitrogen and oxygen atoms in total. The van der Waals surface area contributed by atoms with Crippen LogP contribution in [0.3, 0.4) is 0 Å². The molecule has 98 valence electrons. The van der Waals surface area contributed by atoms with Crippen molar-refractivity contribution >= 4 is 5.84 Å². The quantitative estimate of drug-likeness (QED) is 0.657. The summed E-state index contributed by atoms with van der Waals surface area (Å²) in [5.41, 5.74) is 6.58. The molecule has 0 saturated heterocycles. The van der Waals surface area contributed by atoms with Crippen LogP contribution in [0.1, 0.15) is 11.1 Å². The Hall–Kier alpha value is -2.43. The Morgan fingerprint density at radius 3 is 2.63 bits per heavy atom. The van der Waals surface area contributed by atoms with Gasteiger partial charge in [-0.2, -0.15) is 0 Å². The summed E-state index contributed by atoms with van der Waals surface area (Å²) in [6.07, 6.45) is 0. The van der Waals surface area contributed by atoms with Crippen molar-refractivity contribution in [3.8, 4) is 5.75 Å². The monoisotopic (exact) mass is 262 g/mol. The smallest absolute Gasteiger partial charge is 0.165 e. The van der Waals surface area contributed by atoms with Gasteiger partial charge in [0.1, 0.15) is 18.3 Å². The Labute approximate surface area is 109 Å². The van der Waals surface area contributed by atoms with Gasteiger partial charge in [0, 0.05) is 17.2 Å². The molecule has 2 rings (SSSR count). The first kappa shape index (κ1) is 13.0. The highest BCUT2D eigenvalue weighted by atomic mass is 19.1. The van der Waals surface area contributed by atoms with E-state index in [0.717, 1.165) is 18.2 Å². The van der Waals surface area contributed by atoms with Crippen LogP contribution in [-0.4, -0.2) is 5.84 Å². The number of rotatable bonds is 4. The van der Waals surface area contributed by atoms with Gasteiger partial charge >= 0.3 is 0 Å². The molecule has 0 atom stereocenters. The van der Waals surface area contributed by atoms with Crippen molar-refractivity contribution in [2.75, 3.05) is 0 Å². The average Bonchev–Trinajstić information content (AvgIpc) is 2.40. The van der Waals surface area contributed by atoms with E-state index in [0.29, 0.717) is 11.1 Å². The van der Waals surface area contributed by atoms with Crippen LogP contribution in [0.2, 0.25) is 0 Å². The van der Waals surface area contributed by atoms with Crippen molar-refractivity contribution in [3.63, 3.8) is 0 Å². The molecule has 2 aromatic carbocycles. The molecular weight excluding hydrogens is 250 g/mol. The van der Waals surface area contributed by atoms with Gasteiger partial charge in [-0.15, -0.1) is 0 Å². The molecule has 19 heavy (non-hydrogen) atoms. The third kappa shape index (κ3) is 3.07. The SMILES string of the molecule is N=C(N)c1ccccc1COc1cc(F)ccc1F. The maximum atomic E-state index is 13.4. The second-order valence-electron chi connectivity index (χ2n) is 3.93. The van der Waals surface area contributed by atoms with Gasteiger partial charge in [-0.1, -0.05) is 24.3 Å². The molecule has 0 amide bonds. The molecule has 0 unspecified atom stereocenters. The van der Waals surface area contributed by atoms with E-state index in [-0.39, 0.29) is 18.2 Å². The number of nitrogen functional groups attached to an aromatic ring is 1. The maximum Gasteiger partial charge on any atom is 0.165 e. The van der Waals surface area contributed by atoms with Crippen molar-refractivity contribution in [2.45, 2.75) is 6.61 Å². The number of nitrogens with one attached hydrogen (secondary N) is 1. The summed E-state index contributed by atoms with van der Waals surface area (Å²) >= 11 is 0. The summed E-state index contributed by atoms with van der Waals surface area (Å²) in [6, 6.07) is 9.88. The topological polar surface area (TPSA) is 59.1 Å². The number of hydrogen-bond donors (Lipinski definition) is 2. The van der Waals surface area contributed by atoms with E-state index in [1.165, 1.54) is 0 Å². The van der Waals surface area contributed by atoms with Crippen LogP contribution >= 0.6 is 0 Å². The van der Waals surface area contributed by atoms with Crippen molar-refractivity contribution in [1.29, 1.82) is 5.41 Å². The lowest BCUT2D eigenvalue weighted by Crippen LogP contribution is -2.14. The molecule has 0 aromatic heterocycles. The lowest BCUT2D eigenvalue weighted by atomic mass is 10.1. The van der Waals surface area contributed by atoms with Crippen molar-refractivity contribution in [2.24, 2.45) is 5.73 Å². The minimum Gasteiger partial charge on any atom is -0.486 e. The van der Waals surface area contributed by atoms with E-state index in [1.54, 1.807) is 24.3 Å². The standard InChI is InChI=1S/C14H12F2N2O/c15-10-5-6-12(16)13(7-10)19-8-9-3-1-2-4-11(9)14(17)18/h1-7H,8H2,(H3,17,18). The van der Waals surface area contributed by atoms with Gasteiger partial charge in [-0.3, -0.25) is 5.41 Å². The average molecular weight is 262 g/mol. The highest BCUT2D eigenvalue weighted by Crippen LogP contribution is 2.20. The van der Waals surface area contributed by atoms with E-state index in [9.17, 15) is 8.78 Å². The van der Waals surface area contributed by atoms with Crippen LogP contribution in [-0.2, 0) is 6.61 Å². The second kappa shape index (κ2) is 5.48. The fourth-order valence-corrected chi connectivity index (χ4v) is 1.65. The van der Waals surface area contributed by atoms with Crippen LogP contribution in [0.25, 0.3) is 0 Å². The predicted molar refractivity (Wildman–Crippen MR) is 68.1 cm³/mol. The summed E-state index contributed by atoms with van der Waals surface area (Å²) < 4.78 is 31.6. The molecule has 0 radical (unpaired) electrons. The molecular formula is C14H12F2N2O. The van der Waals surface area contributed by atoms with E-state index in [4.69, 9.17) is 15.9 Å². The van der Waals surface area contributed by atoms with Crippen LogP contribution in [0.15, 0.2) is 42.5 Å². The molecule has 0 heterocycles. The number of benzene rings is 2. The van der Waals surface area contributed by atoms with E-state index >= 15 is 0 Å². The van der Waals surface area contributed by atoms with Crippen LogP contribution in [0.5, 0.6) is 5.75 Å². The summed E-state index contributed by atoms with van der Waals surface area (Å²) in [5.74, 6) is -1.48. The number of nitrogens with two attached hydrogens (primary N) is 1. The molecule has 0 spiro atoms. The highest BCUT2D eigenvalue weighted by molar-refractivity contribution is 5.96. The zero-order valence-electron chi connectivity index (χ0n) is 9.99. The first-order valence-corrected chi connectivity index (χ1v) is 5.58. The molecule has 0 aliphatic rings. The minimum absolute atomic E-state index is 0.0100. The normalized spacial score (nSPS) is 10.2. The number of amidine groups is 1. The Morgan fingerprint density at radius 1 is 1.16 bits per heavy atom. The van der Waals surface area contributed by atoms with Crippen LogP contribution < -0.4 is 10.5 Å². The summed E-state index contributed by atoms with van der Waals surface area (Å²) in [7, 11) is 0. The molecule has 0 saturated carbocycles. The zero-order valence-corrected chi connectivity index (χ0v) is 9.99. The molecule has 5 heteroatoms. The number of hydrogen-bond acceptors (Lipinski definition) is 2. The molecule has 0 aliphatic heterocycles. The third-order valence-electron chi connectivity index (χ3n) is 2.58. The lowest BCUT2D eigenvalue weighted by Gasteiger charge is -2.10. The fourth-order valence-electron chi connectivity index (χ4n) is 1.65. The fraction of sp³-hybridized carbons (Fsp3) is 0.0714. The van der Waals surface area contributed by atoms with Gasteiger partial charge in [0.25, 0.3) is 0 Å². The maximum absolute atomic E-state index is 13.4. The highest BCUT2D eigenvalue weighted by Gasteiger charge is 2.08. The summed E-state index contributed by atoms with van der Waals surface area (Å²) in [5, 5.41) is 7.42. The Balaban J connectivity index is 2.19. The Bertz CT molecular complexity index is 614. The van der Waals surface area contributed by atoms with Gasteiger partial charge in [0.15, 0.2) is 11.6 Å². The van der Waals surface area contributed by atoms with Gasteiger partial charge in [0.2, 0.25) is 0 Å². The van der Waals surface area contributed by atoms with E-state index in [1.807, 2.05) is 0 Å². The Morgan fingerprint density at radius 2 is 1.89 bits per heavy atom. The molecule has 0 bridgehead atoms. The first-order valence-electron chi connectivity index (χ1n) is 5.58. The summed E-state index contributed by atoms with van der Waals surface area (Å²) in [6.45, 7) is 0.0100. The lowest BCUT2D eigenvalue weighted by molar-refractivity contribution is 0.288. The number of halogens is 2. The Kier molecular flexibility index (Phi) is 3.75. The van der Waals surface area contributed by atoms with Gasteiger partial charge in [-0.25, -0.2) is 8.78 Å². The van der Waals surface area contributed by atoms with Crippen LogP contribution in [0.4, 0.5) is 8.78 Å². The molecule has 0 aliphatic carbocycles. The van der Waals surface area contributed by atoms with E-state index < -0.39 is 11.6 Å². The van der Waals surface area contributed by atoms with Crippen LogP contribution in [0, 0.1) is 17.0 Å².